The first-order valence-corrected chi connectivity index (χ1v) is 6.00. The molecule has 1 aromatic carbocycles. The van der Waals surface area contributed by atoms with Gasteiger partial charge in [-0.25, -0.2) is 0 Å². The maximum atomic E-state index is 12.2. The highest BCUT2D eigenvalue weighted by atomic mass is 16.3. The van der Waals surface area contributed by atoms with Gasteiger partial charge in [0, 0.05) is 12.0 Å². The molecule has 0 amide bonds. The molecule has 0 heterocycles. The third kappa shape index (κ3) is 1.81. The topological polar surface area (TPSA) is 94.8 Å². The Hall–Kier alpha value is -1.88. The molecule has 0 unspecified atom stereocenters. The van der Waals surface area contributed by atoms with Gasteiger partial charge in [-0.1, -0.05) is 6.92 Å². The zero-order valence-corrected chi connectivity index (χ0v) is 11.0. The standard InChI is InChI=1S/C14H16O5/c1-6-13(18)11-9(4-8(16)5-10(11)17)12(7(2)15)14(6,3)19/h4-6,12,16-17,19H,1-3H3/t6-,12-,14+/m1/s1. The molecule has 1 aliphatic rings. The summed E-state index contributed by atoms with van der Waals surface area (Å²) in [5.74, 6) is -3.14. The first-order chi connectivity index (χ1) is 8.67. The van der Waals surface area contributed by atoms with Gasteiger partial charge in [-0.3, -0.25) is 9.59 Å². The van der Waals surface area contributed by atoms with Crippen LogP contribution < -0.4 is 0 Å². The highest BCUT2D eigenvalue weighted by molar-refractivity contribution is 6.06. The summed E-state index contributed by atoms with van der Waals surface area (Å²) in [7, 11) is 0. The van der Waals surface area contributed by atoms with Crippen molar-refractivity contribution in [2.24, 2.45) is 5.92 Å². The minimum absolute atomic E-state index is 0.0111. The normalized spacial score (nSPS) is 30.0. The summed E-state index contributed by atoms with van der Waals surface area (Å²) in [5, 5.41) is 29.8. The van der Waals surface area contributed by atoms with Gasteiger partial charge in [0.2, 0.25) is 0 Å². The van der Waals surface area contributed by atoms with E-state index in [4.69, 9.17) is 0 Å². The maximum absolute atomic E-state index is 12.2. The number of rotatable bonds is 1. The number of phenols is 2. The molecule has 0 fully saturated rings. The number of hydrogen-bond donors (Lipinski definition) is 3. The van der Waals surface area contributed by atoms with Crippen molar-refractivity contribution < 1.29 is 24.9 Å². The second-order valence-corrected chi connectivity index (χ2v) is 5.28. The van der Waals surface area contributed by atoms with Gasteiger partial charge in [-0.2, -0.15) is 0 Å². The first-order valence-electron chi connectivity index (χ1n) is 6.00. The summed E-state index contributed by atoms with van der Waals surface area (Å²) in [4.78, 5) is 24.0. The van der Waals surface area contributed by atoms with E-state index in [1.54, 1.807) is 0 Å². The van der Waals surface area contributed by atoms with Crippen LogP contribution in [-0.2, 0) is 4.79 Å². The third-order valence-electron chi connectivity index (χ3n) is 3.95. The van der Waals surface area contributed by atoms with E-state index in [0.717, 1.165) is 6.07 Å². The smallest absolute Gasteiger partial charge is 0.172 e. The van der Waals surface area contributed by atoms with Crippen LogP contribution in [0.25, 0.3) is 0 Å². The van der Waals surface area contributed by atoms with E-state index in [-0.39, 0.29) is 28.4 Å². The van der Waals surface area contributed by atoms with Crippen molar-refractivity contribution in [1.82, 2.24) is 0 Å². The molecule has 2 rings (SSSR count). The summed E-state index contributed by atoms with van der Waals surface area (Å²) >= 11 is 0. The number of carbonyl (C=O) groups is 2. The first kappa shape index (κ1) is 13.5. The minimum atomic E-state index is -1.55. The van der Waals surface area contributed by atoms with Crippen LogP contribution in [0.4, 0.5) is 0 Å². The van der Waals surface area contributed by atoms with Gasteiger partial charge in [0.05, 0.1) is 17.1 Å². The maximum Gasteiger partial charge on any atom is 0.172 e. The molecule has 3 atom stereocenters. The van der Waals surface area contributed by atoms with Gasteiger partial charge in [-0.05, 0) is 25.5 Å². The van der Waals surface area contributed by atoms with Crippen LogP contribution in [0.5, 0.6) is 11.5 Å². The van der Waals surface area contributed by atoms with E-state index in [0.29, 0.717) is 0 Å². The molecule has 0 aromatic heterocycles. The Morgan fingerprint density at radius 2 is 1.89 bits per heavy atom. The lowest BCUT2D eigenvalue weighted by atomic mass is 9.65. The van der Waals surface area contributed by atoms with Gasteiger partial charge in [-0.15, -0.1) is 0 Å². The van der Waals surface area contributed by atoms with Crippen molar-refractivity contribution in [2.75, 3.05) is 0 Å². The molecule has 0 radical (unpaired) electrons. The van der Waals surface area contributed by atoms with E-state index >= 15 is 0 Å². The molecule has 1 aromatic rings. The molecule has 0 bridgehead atoms. The Balaban J connectivity index is 2.81. The summed E-state index contributed by atoms with van der Waals surface area (Å²) in [5.41, 5.74) is -1.36. The number of phenolic OH excluding ortho intramolecular Hbond substituents is 2. The number of ketones is 2. The lowest BCUT2D eigenvalue weighted by Gasteiger charge is -2.41. The lowest BCUT2D eigenvalue weighted by Crippen LogP contribution is -2.49. The monoisotopic (exact) mass is 264 g/mol. The molecule has 5 nitrogen and oxygen atoms in total. The number of aliphatic hydroxyl groups is 1. The van der Waals surface area contributed by atoms with Crippen molar-refractivity contribution in [1.29, 1.82) is 0 Å². The fourth-order valence-electron chi connectivity index (χ4n) is 2.81. The largest absolute Gasteiger partial charge is 0.508 e. The summed E-state index contributed by atoms with van der Waals surface area (Å²) < 4.78 is 0. The van der Waals surface area contributed by atoms with Crippen LogP contribution in [0.3, 0.4) is 0 Å². The number of fused-ring (bicyclic) bond motifs is 1. The Morgan fingerprint density at radius 3 is 2.42 bits per heavy atom. The van der Waals surface area contributed by atoms with E-state index in [1.165, 1.54) is 26.8 Å². The predicted molar refractivity (Wildman–Crippen MR) is 67.3 cm³/mol. The highest BCUT2D eigenvalue weighted by Crippen LogP contribution is 2.46. The van der Waals surface area contributed by atoms with E-state index in [1.807, 2.05) is 0 Å². The zero-order chi connectivity index (χ0) is 14.5. The Morgan fingerprint density at radius 1 is 1.32 bits per heavy atom. The molecular weight excluding hydrogens is 248 g/mol. The summed E-state index contributed by atoms with van der Waals surface area (Å²) in [6.45, 7) is 4.26. The average Bonchev–Trinajstić information content (AvgIpc) is 2.24. The fraction of sp³-hybridized carbons (Fsp3) is 0.429. The highest BCUT2D eigenvalue weighted by Gasteiger charge is 2.50. The molecule has 102 valence electrons. The van der Waals surface area contributed by atoms with Crippen molar-refractivity contribution in [2.45, 2.75) is 32.3 Å². The van der Waals surface area contributed by atoms with Gasteiger partial charge in [0.15, 0.2) is 5.78 Å². The zero-order valence-electron chi connectivity index (χ0n) is 11.0. The molecule has 3 N–H and O–H groups in total. The Labute approximate surface area is 110 Å². The molecule has 0 aliphatic heterocycles. The summed E-state index contributed by atoms with van der Waals surface area (Å²) in [6, 6.07) is 2.31. The van der Waals surface area contributed by atoms with E-state index < -0.39 is 23.2 Å². The molecule has 1 aliphatic carbocycles. The van der Waals surface area contributed by atoms with Crippen molar-refractivity contribution in [3.63, 3.8) is 0 Å². The van der Waals surface area contributed by atoms with Crippen molar-refractivity contribution >= 4 is 11.6 Å². The number of aromatic hydroxyl groups is 2. The van der Waals surface area contributed by atoms with Gasteiger partial charge >= 0.3 is 0 Å². The quantitative estimate of drug-likeness (QED) is 0.711. The predicted octanol–water partition coefficient (Wildman–Crippen LogP) is 1.35. The van der Waals surface area contributed by atoms with Gasteiger partial charge in [0.25, 0.3) is 0 Å². The van der Waals surface area contributed by atoms with Gasteiger partial charge < -0.3 is 15.3 Å². The summed E-state index contributed by atoms with van der Waals surface area (Å²) in [6.07, 6.45) is 0. The Bertz CT molecular complexity index is 573. The molecule has 5 heteroatoms. The lowest BCUT2D eigenvalue weighted by molar-refractivity contribution is -0.126. The van der Waals surface area contributed by atoms with Crippen LogP contribution in [0.1, 0.15) is 42.6 Å². The van der Waals surface area contributed by atoms with Crippen molar-refractivity contribution in [3.05, 3.63) is 23.3 Å². The van der Waals surface area contributed by atoms with Crippen LogP contribution in [0, 0.1) is 5.92 Å². The number of carbonyl (C=O) groups excluding carboxylic acids is 2. The molecular formula is C14H16O5. The number of hydrogen-bond acceptors (Lipinski definition) is 5. The Kier molecular flexibility index (Phi) is 2.90. The van der Waals surface area contributed by atoms with Crippen LogP contribution in [0.15, 0.2) is 12.1 Å². The second-order valence-electron chi connectivity index (χ2n) is 5.28. The number of benzene rings is 1. The van der Waals surface area contributed by atoms with Crippen LogP contribution in [0.2, 0.25) is 0 Å². The van der Waals surface area contributed by atoms with Crippen LogP contribution in [-0.4, -0.2) is 32.5 Å². The minimum Gasteiger partial charge on any atom is -0.508 e. The molecule has 0 saturated heterocycles. The van der Waals surface area contributed by atoms with Crippen molar-refractivity contribution in [3.8, 4) is 11.5 Å². The number of Topliss-reactive ketones (excluding diaryl/α,β-unsaturated/α-hetero) is 2. The SMILES string of the molecule is CC(=O)[C@@H]1c2cc(O)cc(O)c2C(=O)[C@@H](C)[C@]1(C)O. The van der Waals surface area contributed by atoms with E-state index in [9.17, 15) is 24.9 Å². The second kappa shape index (κ2) is 4.06. The van der Waals surface area contributed by atoms with Crippen LogP contribution >= 0.6 is 0 Å². The molecule has 0 spiro atoms. The fourth-order valence-corrected chi connectivity index (χ4v) is 2.81. The van der Waals surface area contributed by atoms with E-state index in [2.05, 4.69) is 0 Å². The van der Waals surface area contributed by atoms with Gasteiger partial charge in [0.1, 0.15) is 17.3 Å². The average molecular weight is 264 g/mol. The third-order valence-corrected chi connectivity index (χ3v) is 3.95. The molecule has 0 saturated carbocycles. The molecule has 19 heavy (non-hydrogen) atoms.